The highest BCUT2D eigenvalue weighted by Gasteiger charge is 2.32. The fourth-order valence-corrected chi connectivity index (χ4v) is 5.23. The van der Waals surface area contributed by atoms with Crippen LogP contribution < -0.4 is 14.8 Å². The van der Waals surface area contributed by atoms with Crippen LogP contribution >= 0.6 is 0 Å². The van der Waals surface area contributed by atoms with Gasteiger partial charge in [-0.15, -0.1) is 0 Å². The number of carbonyl (C=O) groups excluding carboxylic acids is 3. The first kappa shape index (κ1) is 35.1. The summed E-state index contributed by atoms with van der Waals surface area (Å²) in [5.74, 6) is 0.273. The van der Waals surface area contributed by atoms with E-state index in [0.29, 0.717) is 56.6 Å². The Morgan fingerprint density at radius 3 is 2.20 bits per heavy atom. The van der Waals surface area contributed by atoms with Crippen molar-refractivity contribution in [3.63, 3.8) is 0 Å². The van der Waals surface area contributed by atoms with E-state index in [9.17, 15) is 34.8 Å². The van der Waals surface area contributed by atoms with Crippen LogP contribution in [-0.2, 0) is 11.3 Å². The van der Waals surface area contributed by atoms with Crippen molar-refractivity contribution in [2.24, 2.45) is 0 Å². The highest BCUT2D eigenvalue weighted by atomic mass is 16.6. The van der Waals surface area contributed by atoms with Gasteiger partial charge < -0.3 is 50.0 Å². The van der Waals surface area contributed by atoms with Gasteiger partial charge in [0.05, 0.1) is 32.0 Å². The lowest BCUT2D eigenvalue weighted by atomic mass is 9.98. The van der Waals surface area contributed by atoms with Gasteiger partial charge in [-0.25, -0.2) is 9.59 Å². The van der Waals surface area contributed by atoms with E-state index in [2.05, 4.69) is 16.3 Å². The quantitative estimate of drug-likeness (QED) is 0.153. The fourth-order valence-electron chi connectivity index (χ4n) is 5.23. The van der Waals surface area contributed by atoms with Crippen LogP contribution in [0.3, 0.4) is 0 Å². The Balaban J connectivity index is 1.27. The van der Waals surface area contributed by atoms with Crippen LogP contribution in [-0.4, -0.2) is 131 Å². The highest BCUT2D eigenvalue weighted by molar-refractivity contribution is 5.94. The van der Waals surface area contributed by atoms with Crippen LogP contribution in [0.4, 0.5) is 4.79 Å². The summed E-state index contributed by atoms with van der Waals surface area (Å²) < 4.78 is 16.4. The molecule has 0 spiro atoms. The summed E-state index contributed by atoms with van der Waals surface area (Å²) in [7, 11) is 1.37. The molecule has 4 atom stereocenters. The minimum Gasteiger partial charge on any atom is -0.494 e. The number of amides is 2. The number of nitrogens with one attached hydrogen (secondary N) is 1. The van der Waals surface area contributed by atoms with E-state index in [1.54, 1.807) is 11.0 Å². The number of aliphatic hydroxyl groups excluding tert-OH is 5. The molecule has 46 heavy (non-hydrogen) atoms. The first-order chi connectivity index (χ1) is 22.1. The fraction of sp³-hybridized carbons (Fsp3) is 0.531. The minimum atomic E-state index is -1.80. The zero-order chi connectivity index (χ0) is 33.4. The average Bonchev–Trinajstić information content (AvgIpc) is 3.92. The van der Waals surface area contributed by atoms with Crippen molar-refractivity contribution >= 4 is 18.0 Å². The predicted octanol–water partition coefficient (Wildman–Crippen LogP) is 0.232. The van der Waals surface area contributed by atoms with Gasteiger partial charge in [-0.1, -0.05) is 0 Å². The smallest absolute Gasteiger partial charge is 0.415 e. The number of nitrogens with zero attached hydrogens (tertiary/aromatic N) is 2. The molecular weight excluding hydrogens is 602 g/mol. The van der Waals surface area contributed by atoms with Gasteiger partial charge in [-0.3, -0.25) is 9.69 Å². The van der Waals surface area contributed by atoms with E-state index >= 15 is 0 Å². The van der Waals surface area contributed by atoms with E-state index in [1.165, 1.54) is 31.4 Å². The molecule has 1 aliphatic heterocycles. The van der Waals surface area contributed by atoms with Crippen LogP contribution in [0.15, 0.2) is 36.4 Å². The number of hydrogen-bond acceptors (Lipinski definition) is 12. The molecular formula is C32H43N3O11. The standard InChI is InChI=1S/C32H43N3O11/c1-3-45-27-15-24(31(42)44-2)23(19-4-5-19)14-21(27)17-34-10-12-35(13-11-34)32(43)46-22-8-6-20(7-9-22)30(41)33-16-25(37)28(39)29(40)26(38)18-36/h6-9,14-15,19,25-26,28-29,36-40H,3-5,10-13,16-18H2,1-2H3,(H,33,41). The van der Waals surface area contributed by atoms with Gasteiger partial charge in [0.15, 0.2) is 0 Å². The van der Waals surface area contributed by atoms with Crippen LogP contribution in [0.25, 0.3) is 0 Å². The third-order valence-electron chi connectivity index (χ3n) is 8.10. The number of esters is 1. The monoisotopic (exact) mass is 645 g/mol. The summed E-state index contributed by atoms with van der Waals surface area (Å²) in [4.78, 5) is 41.5. The molecule has 1 aliphatic carbocycles. The first-order valence-corrected chi connectivity index (χ1v) is 15.3. The molecule has 4 unspecified atom stereocenters. The molecule has 252 valence electrons. The topological polar surface area (TPSA) is 199 Å². The number of ether oxygens (including phenoxy) is 3. The Morgan fingerprint density at radius 2 is 1.61 bits per heavy atom. The number of methoxy groups -OCH3 is 1. The Bertz CT molecular complexity index is 1340. The van der Waals surface area contributed by atoms with E-state index < -0.39 is 49.6 Å². The molecule has 2 fully saturated rings. The normalized spacial score (nSPS) is 17.8. The van der Waals surface area contributed by atoms with Crippen molar-refractivity contribution in [3.05, 3.63) is 58.7 Å². The second-order valence-electron chi connectivity index (χ2n) is 11.4. The van der Waals surface area contributed by atoms with Crippen LogP contribution in [0.2, 0.25) is 0 Å². The molecule has 14 heteroatoms. The van der Waals surface area contributed by atoms with Crippen molar-refractivity contribution in [3.8, 4) is 11.5 Å². The third-order valence-corrected chi connectivity index (χ3v) is 8.10. The van der Waals surface area contributed by atoms with Crippen molar-refractivity contribution in [2.75, 3.05) is 53.0 Å². The van der Waals surface area contributed by atoms with Crippen molar-refractivity contribution in [2.45, 2.75) is 56.6 Å². The van der Waals surface area contributed by atoms with Crippen molar-refractivity contribution in [1.82, 2.24) is 15.1 Å². The molecule has 2 aromatic carbocycles. The number of benzene rings is 2. The molecule has 0 aromatic heterocycles. The number of piperazine rings is 1. The zero-order valence-electron chi connectivity index (χ0n) is 26.0. The second-order valence-corrected chi connectivity index (χ2v) is 11.4. The summed E-state index contributed by atoms with van der Waals surface area (Å²) in [6.07, 6.45) is -5.28. The Labute approximate surface area is 267 Å². The number of aliphatic hydroxyl groups is 5. The molecule has 1 heterocycles. The molecule has 0 bridgehead atoms. The maximum Gasteiger partial charge on any atom is 0.415 e. The zero-order valence-corrected chi connectivity index (χ0v) is 26.0. The molecule has 2 aromatic rings. The van der Waals surface area contributed by atoms with Gasteiger partial charge in [-0.05, 0) is 67.6 Å². The maximum atomic E-state index is 12.8. The summed E-state index contributed by atoms with van der Waals surface area (Å²) in [6.45, 7) is 3.81. The summed E-state index contributed by atoms with van der Waals surface area (Å²) in [5, 5.41) is 50.2. The minimum absolute atomic E-state index is 0.196. The van der Waals surface area contributed by atoms with Gasteiger partial charge in [0.2, 0.25) is 0 Å². The number of carbonyl (C=O) groups is 3. The summed E-state index contributed by atoms with van der Waals surface area (Å²) in [6, 6.07) is 9.62. The maximum absolute atomic E-state index is 12.8. The molecule has 1 saturated carbocycles. The van der Waals surface area contributed by atoms with Gasteiger partial charge >= 0.3 is 12.1 Å². The number of hydrogen-bond donors (Lipinski definition) is 6. The van der Waals surface area contributed by atoms with E-state index in [4.69, 9.17) is 19.3 Å². The van der Waals surface area contributed by atoms with Crippen LogP contribution in [0.5, 0.6) is 11.5 Å². The molecule has 4 rings (SSSR count). The molecule has 1 saturated heterocycles. The highest BCUT2D eigenvalue weighted by Crippen LogP contribution is 2.44. The number of rotatable bonds is 14. The Hall–Kier alpha value is -3.79. The SMILES string of the molecule is CCOc1cc(C(=O)OC)c(C2CC2)cc1CN1CCN(C(=O)Oc2ccc(C(=O)NCC(O)C(O)C(O)C(O)CO)cc2)CC1. The third kappa shape index (κ3) is 8.93. The van der Waals surface area contributed by atoms with Crippen molar-refractivity contribution in [1.29, 1.82) is 0 Å². The van der Waals surface area contributed by atoms with Gasteiger partial charge in [0.25, 0.3) is 5.91 Å². The van der Waals surface area contributed by atoms with Gasteiger partial charge in [0.1, 0.15) is 29.8 Å². The summed E-state index contributed by atoms with van der Waals surface area (Å²) in [5.41, 5.74) is 2.72. The first-order valence-electron chi connectivity index (χ1n) is 15.3. The van der Waals surface area contributed by atoms with Crippen molar-refractivity contribution < 1.29 is 54.1 Å². The largest absolute Gasteiger partial charge is 0.494 e. The Kier molecular flexibility index (Phi) is 12.3. The molecule has 2 amide bonds. The predicted molar refractivity (Wildman–Crippen MR) is 164 cm³/mol. The molecule has 6 N–H and O–H groups in total. The Morgan fingerprint density at radius 1 is 0.957 bits per heavy atom. The van der Waals surface area contributed by atoms with Crippen LogP contribution in [0.1, 0.15) is 57.5 Å². The molecule has 0 radical (unpaired) electrons. The second kappa shape index (κ2) is 16.2. The van der Waals surface area contributed by atoms with E-state index in [-0.39, 0.29) is 17.3 Å². The average molecular weight is 646 g/mol. The lowest BCUT2D eigenvalue weighted by Gasteiger charge is -2.34. The molecule has 2 aliphatic rings. The lowest BCUT2D eigenvalue weighted by Crippen LogP contribution is -2.49. The summed E-state index contributed by atoms with van der Waals surface area (Å²) >= 11 is 0. The van der Waals surface area contributed by atoms with E-state index in [1.807, 2.05) is 6.92 Å². The molecule has 14 nitrogen and oxygen atoms in total. The lowest BCUT2D eigenvalue weighted by molar-refractivity contribution is -0.113. The van der Waals surface area contributed by atoms with Gasteiger partial charge in [-0.2, -0.15) is 0 Å². The van der Waals surface area contributed by atoms with Gasteiger partial charge in [0, 0.05) is 50.4 Å². The van der Waals surface area contributed by atoms with E-state index in [0.717, 1.165) is 24.0 Å². The van der Waals surface area contributed by atoms with Crippen LogP contribution in [0, 0.1) is 0 Å².